The largest absolute Gasteiger partial charge is 0.302 e. The van der Waals surface area contributed by atoms with Crippen LogP contribution in [0.5, 0.6) is 0 Å². The van der Waals surface area contributed by atoms with E-state index in [4.69, 9.17) is 0 Å². The van der Waals surface area contributed by atoms with Gasteiger partial charge in [0.15, 0.2) is 11.0 Å². The average Bonchev–Trinajstić information content (AvgIpc) is 3.11. The normalized spacial score (nSPS) is 11.0. The van der Waals surface area contributed by atoms with Crippen LogP contribution in [0.2, 0.25) is 0 Å². The zero-order valence-corrected chi connectivity index (χ0v) is 14.5. The van der Waals surface area contributed by atoms with E-state index in [2.05, 4.69) is 51.1 Å². The van der Waals surface area contributed by atoms with Crippen LogP contribution in [0.4, 0.5) is 0 Å². The van der Waals surface area contributed by atoms with Gasteiger partial charge in [0.2, 0.25) is 0 Å². The second kappa shape index (κ2) is 6.62. The molecule has 0 saturated heterocycles. The van der Waals surface area contributed by atoms with E-state index in [0.29, 0.717) is 0 Å². The zero-order chi connectivity index (χ0) is 15.5. The Morgan fingerprint density at radius 2 is 2.00 bits per heavy atom. The van der Waals surface area contributed by atoms with Crippen molar-refractivity contribution in [3.8, 4) is 11.4 Å². The molecule has 0 aliphatic heterocycles. The topological polar surface area (TPSA) is 43.6 Å². The van der Waals surface area contributed by atoms with E-state index in [1.807, 2.05) is 19.1 Å². The van der Waals surface area contributed by atoms with Gasteiger partial charge in [-0.15, -0.1) is 21.5 Å². The molecule has 114 valence electrons. The van der Waals surface area contributed by atoms with Crippen molar-refractivity contribution in [3.05, 3.63) is 45.9 Å². The van der Waals surface area contributed by atoms with Crippen LogP contribution >= 0.6 is 23.1 Å². The van der Waals surface area contributed by atoms with E-state index in [1.165, 1.54) is 5.56 Å². The Kier molecular flexibility index (Phi) is 4.59. The van der Waals surface area contributed by atoms with Gasteiger partial charge >= 0.3 is 0 Å². The van der Waals surface area contributed by atoms with Crippen LogP contribution in [0.3, 0.4) is 0 Å². The summed E-state index contributed by atoms with van der Waals surface area (Å²) in [5.74, 6) is 1.77. The van der Waals surface area contributed by atoms with Crippen molar-refractivity contribution in [2.24, 2.45) is 0 Å². The molecule has 2 aromatic heterocycles. The Labute approximate surface area is 138 Å². The first kappa shape index (κ1) is 15.2. The lowest BCUT2D eigenvalue weighted by Crippen LogP contribution is -2.00. The molecule has 0 spiro atoms. The van der Waals surface area contributed by atoms with Gasteiger partial charge < -0.3 is 4.57 Å². The standard InChI is InChI=1S/C16H18N4S2/c1-4-20-15(14-8-6-5-7-11(14)2)18-19-16(20)22-10-13-9-21-12(3)17-13/h5-9H,4,10H2,1-3H3. The minimum Gasteiger partial charge on any atom is -0.302 e. The highest BCUT2D eigenvalue weighted by molar-refractivity contribution is 7.98. The molecule has 0 aliphatic rings. The summed E-state index contributed by atoms with van der Waals surface area (Å²) in [4.78, 5) is 4.50. The molecule has 4 nitrogen and oxygen atoms in total. The van der Waals surface area contributed by atoms with Gasteiger partial charge in [0.1, 0.15) is 0 Å². The molecule has 0 atom stereocenters. The number of thiazole rings is 1. The second-order valence-corrected chi connectivity index (χ2v) is 7.02. The van der Waals surface area contributed by atoms with Gasteiger partial charge in [-0.3, -0.25) is 0 Å². The fraction of sp³-hybridized carbons (Fsp3) is 0.312. The number of nitrogens with zero attached hydrogens (tertiary/aromatic N) is 4. The first-order chi connectivity index (χ1) is 10.7. The third-order valence-corrected chi connectivity index (χ3v) is 5.26. The molecule has 0 N–H and O–H groups in total. The SMILES string of the molecule is CCn1c(SCc2csc(C)n2)nnc1-c1ccccc1C. The van der Waals surface area contributed by atoms with Gasteiger partial charge in [0, 0.05) is 23.2 Å². The molecule has 0 unspecified atom stereocenters. The lowest BCUT2D eigenvalue weighted by atomic mass is 10.1. The number of thioether (sulfide) groups is 1. The molecule has 0 aliphatic carbocycles. The van der Waals surface area contributed by atoms with Crippen molar-refractivity contribution < 1.29 is 0 Å². The van der Waals surface area contributed by atoms with Crippen LogP contribution in [-0.4, -0.2) is 19.7 Å². The fourth-order valence-corrected chi connectivity index (χ4v) is 3.93. The van der Waals surface area contributed by atoms with Crippen LogP contribution in [0.15, 0.2) is 34.8 Å². The first-order valence-electron chi connectivity index (χ1n) is 7.22. The summed E-state index contributed by atoms with van der Waals surface area (Å²) >= 11 is 3.38. The summed E-state index contributed by atoms with van der Waals surface area (Å²) in [5, 5.41) is 13.0. The molecule has 0 fully saturated rings. The molecule has 22 heavy (non-hydrogen) atoms. The minimum absolute atomic E-state index is 0.830. The van der Waals surface area contributed by atoms with Crippen molar-refractivity contribution in [3.63, 3.8) is 0 Å². The number of rotatable bonds is 5. The number of hydrogen-bond donors (Lipinski definition) is 0. The molecule has 0 saturated carbocycles. The Balaban J connectivity index is 1.86. The van der Waals surface area contributed by atoms with E-state index >= 15 is 0 Å². The smallest absolute Gasteiger partial charge is 0.191 e. The van der Waals surface area contributed by atoms with Gasteiger partial charge in [-0.05, 0) is 26.3 Å². The van der Waals surface area contributed by atoms with Crippen molar-refractivity contribution in [1.29, 1.82) is 0 Å². The summed E-state index contributed by atoms with van der Waals surface area (Å²) in [7, 11) is 0. The van der Waals surface area contributed by atoms with E-state index < -0.39 is 0 Å². The van der Waals surface area contributed by atoms with Crippen LogP contribution in [0.25, 0.3) is 11.4 Å². The zero-order valence-electron chi connectivity index (χ0n) is 12.9. The summed E-state index contributed by atoms with van der Waals surface area (Å²) in [6.07, 6.45) is 0. The van der Waals surface area contributed by atoms with E-state index in [0.717, 1.165) is 39.5 Å². The summed E-state index contributed by atoms with van der Waals surface area (Å²) in [5.41, 5.74) is 3.47. The summed E-state index contributed by atoms with van der Waals surface area (Å²) in [6.45, 7) is 7.12. The summed E-state index contributed by atoms with van der Waals surface area (Å²) in [6, 6.07) is 8.30. The third kappa shape index (κ3) is 3.08. The highest BCUT2D eigenvalue weighted by Crippen LogP contribution is 2.28. The van der Waals surface area contributed by atoms with Crippen molar-refractivity contribution in [1.82, 2.24) is 19.7 Å². The van der Waals surface area contributed by atoms with Crippen molar-refractivity contribution >= 4 is 23.1 Å². The molecule has 3 rings (SSSR count). The maximum atomic E-state index is 4.50. The molecule has 6 heteroatoms. The van der Waals surface area contributed by atoms with Crippen molar-refractivity contribution in [2.75, 3.05) is 0 Å². The van der Waals surface area contributed by atoms with E-state index in [1.54, 1.807) is 23.1 Å². The van der Waals surface area contributed by atoms with E-state index in [9.17, 15) is 0 Å². The number of benzene rings is 1. The van der Waals surface area contributed by atoms with Gasteiger partial charge in [0.05, 0.1) is 10.7 Å². The number of aryl methyl sites for hydroxylation is 2. The average molecular weight is 330 g/mol. The Morgan fingerprint density at radius 3 is 2.68 bits per heavy atom. The number of aromatic nitrogens is 4. The van der Waals surface area contributed by atoms with Gasteiger partial charge in [-0.2, -0.15) is 0 Å². The Bertz CT molecular complexity index is 776. The van der Waals surface area contributed by atoms with E-state index in [-0.39, 0.29) is 0 Å². The van der Waals surface area contributed by atoms with Crippen LogP contribution in [0, 0.1) is 13.8 Å². The van der Waals surface area contributed by atoms with Gasteiger partial charge in [0.25, 0.3) is 0 Å². The molecular formula is C16H18N4S2. The summed E-state index contributed by atoms with van der Waals surface area (Å²) < 4.78 is 2.17. The molecular weight excluding hydrogens is 312 g/mol. The predicted molar refractivity (Wildman–Crippen MR) is 92.3 cm³/mol. The molecule has 2 heterocycles. The molecule has 0 amide bonds. The first-order valence-corrected chi connectivity index (χ1v) is 9.08. The van der Waals surface area contributed by atoms with Gasteiger partial charge in [-0.25, -0.2) is 4.98 Å². The predicted octanol–water partition coefficient (Wildman–Crippen LogP) is 4.33. The molecule has 0 bridgehead atoms. The lowest BCUT2D eigenvalue weighted by molar-refractivity contribution is 0.687. The van der Waals surface area contributed by atoms with Gasteiger partial charge in [-0.1, -0.05) is 36.0 Å². The highest BCUT2D eigenvalue weighted by Gasteiger charge is 2.14. The van der Waals surface area contributed by atoms with Crippen LogP contribution < -0.4 is 0 Å². The highest BCUT2D eigenvalue weighted by atomic mass is 32.2. The number of hydrogen-bond acceptors (Lipinski definition) is 5. The second-order valence-electron chi connectivity index (χ2n) is 5.01. The monoisotopic (exact) mass is 330 g/mol. The van der Waals surface area contributed by atoms with Crippen LogP contribution in [0.1, 0.15) is 23.2 Å². The molecule has 1 aromatic carbocycles. The molecule has 0 radical (unpaired) electrons. The van der Waals surface area contributed by atoms with Crippen molar-refractivity contribution in [2.45, 2.75) is 38.2 Å². The maximum Gasteiger partial charge on any atom is 0.191 e. The fourth-order valence-electron chi connectivity index (χ4n) is 2.32. The minimum atomic E-state index is 0.830. The quantitative estimate of drug-likeness (QED) is 0.653. The van der Waals surface area contributed by atoms with Crippen LogP contribution in [-0.2, 0) is 12.3 Å². The Hall–Kier alpha value is -1.66. The lowest BCUT2D eigenvalue weighted by Gasteiger charge is -2.08. The Morgan fingerprint density at radius 1 is 1.18 bits per heavy atom. The molecule has 3 aromatic rings. The third-order valence-electron chi connectivity index (χ3n) is 3.43. The maximum absolute atomic E-state index is 4.50.